The van der Waals surface area contributed by atoms with Crippen LogP contribution in [0.1, 0.15) is 31.0 Å². The summed E-state index contributed by atoms with van der Waals surface area (Å²) in [5.74, 6) is -0.196. The zero-order valence-corrected chi connectivity index (χ0v) is 15.6. The van der Waals surface area contributed by atoms with Crippen LogP contribution in [0.15, 0.2) is 42.5 Å². The van der Waals surface area contributed by atoms with Crippen LogP contribution in [0, 0.1) is 17.0 Å². The van der Waals surface area contributed by atoms with Crippen molar-refractivity contribution < 1.29 is 14.5 Å². The van der Waals surface area contributed by atoms with E-state index < -0.39 is 4.92 Å². The average molecular weight is 370 g/mol. The molecule has 2 aromatic carbocycles. The maximum atomic E-state index is 12.6. The van der Waals surface area contributed by atoms with E-state index in [-0.39, 0.29) is 23.7 Å². The first kappa shape index (κ1) is 19.9. The number of aryl methyl sites for hydroxylation is 1. The number of hydrogen-bond acceptors (Lipinski definition) is 4. The monoisotopic (exact) mass is 370 g/mol. The summed E-state index contributed by atoms with van der Waals surface area (Å²) in [6, 6.07) is 10.7. The lowest BCUT2D eigenvalue weighted by Gasteiger charge is -2.25. The second-order valence-electron chi connectivity index (χ2n) is 6.28. The van der Waals surface area contributed by atoms with Gasteiger partial charge >= 0.3 is 6.03 Å². The predicted molar refractivity (Wildman–Crippen MR) is 104 cm³/mol. The first-order valence-corrected chi connectivity index (χ1v) is 8.35. The highest BCUT2D eigenvalue weighted by Crippen LogP contribution is 2.25. The minimum atomic E-state index is -0.466. The number of benzene rings is 2. The lowest BCUT2D eigenvalue weighted by Crippen LogP contribution is -2.33. The Kier molecular flexibility index (Phi) is 6.12. The number of hydrogen-bond donors (Lipinski definition) is 2. The standard InChI is InChI=1S/C19H22N4O4/c1-12-8-9-16(11-18(12)20-14(3)24)21-19(25)22(4)13(2)15-6-5-7-17(10-15)23(26)27/h5-11,13H,1-4H3,(H,20,24)(H,21,25). The number of urea groups is 1. The third kappa shape index (κ3) is 5.04. The summed E-state index contributed by atoms with van der Waals surface area (Å²) in [4.78, 5) is 35.8. The summed E-state index contributed by atoms with van der Waals surface area (Å²) < 4.78 is 0. The van der Waals surface area contributed by atoms with Crippen molar-refractivity contribution in [2.24, 2.45) is 0 Å². The molecule has 0 fully saturated rings. The number of non-ortho nitro benzene ring substituents is 1. The average Bonchev–Trinajstić information content (AvgIpc) is 2.62. The molecule has 1 unspecified atom stereocenters. The molecule has 142 valence electrons. The van der Waals surface area contributed by atoms with Crippen molar-refractivity contribution in [1.29, 1.82) is 0 Å². The van der Waals surface area contributed by atoms with E-state index in [9.17, 15) is 19.7 Å². The molecule has 3 amide bonds. The molecule has 0 saturated heterocycles. The van der Waals surface area contributed by atoms with Crippen LogP contribution in [0.3, 0.4) is 0 Å². The number of amides is 3. The third-order valence-corrected chi connectivity index (χ3v) is 4.26. The van der Waals surface area contributed by atoms with Gasteiger partial charge in [-0.1, -0.05) is 18.2 Å². The summed E-state index contributed by atoms with van der Waals surface area (Å²) in [6.07, 6.45) is 0. The summed E-state index contributed by atoms with van der Waals surface area (Å²) in [7, 11) is 1.61. The Balaban J connectivity index is 2.14. The highest BCUT2D eigenvalue weighted by molar-refractivity contribution is 5.93. The van der Waals surface area contributed by atoms with E-state index >= 15 is 0 Å². The van der Waals surface area contributed by atoms with Gasteiger partial charge in [-0.2, -0.15) is 0 Å². The van der Waals surface area contributed by atoms with Crippen molar-refractivity contribution in [3.63, 3.8) is 0 Å². The minimum absolute atomic E-state index is 0.0216. The molecule has 0 aliphatic heterocycles. The van der Waals surface area contributed by atoms with Gasteiger partial charge in [0.05, 0.1) is 11.0 Å². The summed E-state index contributed by atoms with van der Waals surface area (Å²) in [5, 5.41) is 16.4. The van der Waals surface area contributed by atoms with Crippen molar-refractivity contribution in [3.05, 3.63) is 63.7 Å². The minimum Gasteiger partial charge on any atom is -0.326 e. The number of anilines is 2. The quantitative estimate of drug-likeness (QED) is 0.611. The van der Waals surface area contributed by atoms with Gasteiger partial charge in [0.1, 0.15) is 0 Å². The molecule has 0 bridgehead atoms. The normalized spacial score (nSPS) is 11.4. The SMILES string of the molecule is CC(=O)Nc1cc(NC(=O)N(C)C(C)c2cccc([N+](=O)[O-])c2)ccc1C. The van der Waals surface area contributed by atoms with Crippen LogP contribution >= 0.6 is 0 Å². The number of carbonyl (C=O) groups excluding carboxylic acids is 2. The fraction of sp³-hybridized carbons (Fsp3) is 0.263. The fourth-order valence-electron chi connectivity index (χ4n) is 2.53. The number of nitro groups is 1. The Labute approximate surface area is 157 Å². The van der Waals surface area contributed by atoms with Gasteiger partial charge in [-0.3, -0.25) is 14.9 Å². The van der Waals surface area contributed by atoms with E-state index in [0.717, 1.165) is 5.56 Å². The van der Waals surface area contributed by atoms with Crippen LogP contribution < -0.4 is 10.6 Å². The molecule has 0 spiro atoms. The lowest BCUT2D eigenvalue weighted by molar-refractivity contribution is -0.384. The molecule has 8 heteroatoms. The van der Waals surface area contributed by atoms with Gasteiger partial charge in [0.15, 0.2) is 0 Å². The first-order chi connectivity index (χ1) is 12.7. The van der Waals surface area contributed by atoms with E-state index in [0.29, 0.717) is 16.9 Å². The van der Waals surface area contributed by atoms with Crippen LogP contribution in [0.2, 0.25) is 0 Å². The van der Waals surface area contributed by atoms with Crippen LogP contribution in [-0.2, 0) is 4.79 Å². The van der Waals surface area contributed by atoms with E-state index in [1.807, 2.05) is 6.92 Å². The van der Waals surface area contributed by atoms with Crippen LogP contribution in [0.25, 0.3) is 0 Å². The Bertz CT molecular complexity index is 882. The maximum Gasteiger partial charge on any atom is 0.322 e. The van der Waals surface area contributed by atoms with Crippen LogP contribution in [0.5, 0.6) is 0 Å². The lowest BCUT2D eigenvalue weighted by atomic mass is 10.1. The Hall–Kier alpha value is -3.42. The van der Waals surface area contributed by atoms with Gasteiger partial charge in [-0.05, 0) is 37.1 Å². The number of nitro benzene ring substituents is 1. The fourth-order valence-corrected chi connectivity index (χ4v) is 2.53. The zero-order chi connectivity index (χ0) is 20.1. The van der Waals surface area contributed by atoms with Gasteiger partial charge < -0.3 is 15.5 Å². The summed E-state index contributed by atoms with van der Waals surface area (Å²) >= 11 is 0. The smallest absolute Gasteiger partial charge is 0.322 e. The van der Waals surface area contributed by atoms with Gasteiger partial charge in [-0.15, -0.1) is 0 Å². The topological polar surface area (TPSA) is 105 Å². The Morgan fingerprint density at radius 3 is 2.48 bits per heavy atom. The Morgan fingerprint density at radius 1 is 1.15 bits per heavy atom. The molecular formula is C19H22N4O4. The van der Waals surface area contributed by atoms with Crippen molar-refractivity contribution in [1.82, 2.24) is 4.90 Å². The van der Waals surface area contributed by atoms with Gasteiger partial charge in [0.25, 0.3) is 5.69 Å². The number of rotatable bonds is 5. The van der Waals surface area contributed by atoms with Crippen LogP contribution in [-0.4, -0.2) is 28.8 Å². The van der Waals surface area contributed by atoms with E-state index in [4.69, 9.17) is 0 Å². The third-order valence-electron chi connectivity index (χ3n) is 4.26. The maximum absolute atomic E-state index is 12.6. The molecule has 2 rings (SSSR count). The second kappa shape index (κ2) is 8.31. The predicted octanol–water partition coefficient (Wildman–Crippen LogP) is 4.09. The molecule has 0 aliphatic carbocycles. The van der Waals surface area contributed by atoms with E-state index in [1.54, 1.807) is 44.3 Å². The highest BCUT2D eigenvalue weighted by atomic mass is 16.6. The summed E-state index contributed by atoms with van der Waals surface area (Å²) in [6.45, 7) is 5.06. The highest BCUT2D eigenvalue weighted by Gasteiger charge is 2.19. The molecule has 0 saturated carbocycles. The Morgan fingerprint density at radius 2 is 1.85 bits per heavy atom. The van der Waals surface area contributed by atoms with Crippen molar-refractivity contribution in [2.45, 2.75) is 26.8 Å². The number of carbonyl (C=O) groups is 2. The molecule has 0 radical (unpaired) electrons. The molecule has 1 atom stereocenters. The number of nitrogens with zero attached hydrogens (tertiary/aromatic N) is 2. The molecule has 27 heavy (non-hydrogen) atoms. The molecule has 0 heterocycles. The zero-order valence-electron chi connectivity index (χ0n) is 15.6. The molecular weight excluding hydrogens is 348 g/mol. The molecule has 2 aromatic rings. The van der Waals surface area contributed by atoms with Crippen LogP contribution in [0.4, 0.5) is 21.9 Å². The number of nitrogens with one attached hydrogen (secondary N) is 2. The van der Waals surface area contributed by atoms with E-state index in [1.165, 1.54) is 24.0 Å². The van der Waals surface area contributed by atoms with Gasteiger partial charge in [0.2, 0.25) is 5.91 Å². The molecule has 2 N–H and O–H groups in total. The molecule has 0 aromatic heterocycles. The second-order valence-corrected chi connectivity index (χ2v) is 6.28. The first-order valence-electron chi connectivity index (χ1n) is 8.35. The van der Waals surface area contributed by atoms with Gasteiger partial charge in [-0.25, -0.2) is 4.79 Å². The van der Waals surface area contributed by atoms with Gasteiger partial charge in [0, 0.05) is 37.5 Å². The largest absolute Gasteiger partial charge is 0.326 e. The van der Waals surface area contributed by atoms with E-state index in [2.05, 4.69) is 10.6 Å². The van der Waals surface area contributed by atoms with Crippen molar-refractivity contribution >= 4 is 29.0 Å². The summed E-state index contributed by atoms with van der Waals surface area (Å²) in [5.41, 5.74) is 2.67. The molecule has 0 aliphatic rings. The van der Waals surface area contributed by atoms with Crippen molar-refractivity contribution in [2.75, 3.05) is 17.7 Å². The molecule has 8 nitrogen and oxygen atoms in total. The van der Waals surface area contributed by atoms with Crippen molar-refractivity contribution in [3.8, 4) is 0 Å².